The summed E-state index contributed by atoms with van der Waals surface area (Å²) in [7, 11) is 0. The van der Waals surface area contributed by atoms with Crippen molar-refractivity contribution < 1.29 is 28.7 Å². The molecule has 0 aliphatic rings. The van der Waals surface area contributed by atoms with Crippen LogP contribution in [0.1, 0.15) is 175 Å². The second-order valence-electron chi connectivity index (χ2n) is 13.2. The largest absolute Gasteiger partial charge is 0.465 e. The Morgan fingerprint density at radius 3 is 1.53 bits per heavy atom. The molecule has 0 aromatic carbocycles. The highest BCUT2D eigenvalue weighted by Crippen LogP contribution is 2.20. The van der Waals surface area contributed by atoms with Gasteiger partial charge in [0.15, 0.2) is 0 Å². The maximum Gasteiger partial charge on any atom is 0.308 e. The topological polar surface area (TPSA) is 137 Å². The highest BCUT2D eigenvalue weighted by molar-refractivity contribution is 5.87. The minimum Gasteiger partial charge on any atom is -0.465 e. The maximum atomic E-state index is 12.7. The standard InChI is InChI=1S/C38H73N3O6/c1-5-9-13-17-24-32(22-11-7-3)37(44)46-30-20-16-15-19-29-40-36(43)34(27-28-39)41-35(42)26-21-31-47-38(45)33(23-12-8-4)25-18-14-10-6-2/h32-34H,5-31,39H2,1-4H3,(H,40,43)(H,41,42)/t32?,33?,34-/m0/s1. The van der Waals surface area contributed by atoms with Gasteiger partial charge in [-0.15, -0.1) is 0 Å². The molecule has 0 aliphatic heterocycles. The lowest BCUT2D eigenvalue weighted by Crippen LogP contribution is -2.47. The van der Waals surface area contributed by atoms with Gasteiger partial charge in [0, 0.05) is 13.0 Å². The van der Waals surface area contributed by atoms with Crippen LogP contribution >= 0.6 is 0 Å². The Morgan fingerprint density at radius 1 is 0.553 bits per heavy atom. The van der Waals surface area contributed by atoms with Crippen LogP contribution in [-0.2, 0) is 28.7 Å². The van der Waals surface area contributed by atoms with E-state index in [-0.39, 0.29) is 55.2 Å². The van der Waals surface area contributed by atoms with Crippen LogP contribution in [-0.4, -0.2) is 56.1 Å². The zero-order valence-corrected chi connectivity index (χ0v) is 30.9. The Labute approximate surface area is 288 Å². The number of nitrogens with two attached hydrogens (primary N) is 1. The van der Waals surface area contributed by atoms with E-state index in [1.54, 1.807) is 0 Å². The molecule has 0 aromatic heterocycles. The first kappa shape index (κ1) is 44.8. The molecule has 0 bridgehead atoms. The number of hydrogen-bond donors (Lipinski definition) is 3. The number of carbonyl (C=O) groups is 4. The number of amides is 2. The van der Waals surface area contributed by atoms with Crippen molar-refractivity contribution in [3.63, 3.8) is 0 Å². The predicted molar refractivity (Wildman–Crippen MR) is 192 cm³/mol. The minimum absolute atomic E-state index is 0.0273. The number of carbonyl (C=O) groups excluding carboxylic acids is 4. The average Bonchev–Trinajstić information content (AvgIpc) is 3.06. The number of rotatable bonds is 33. The summed E-state index contributed by atoms with van der Waals surface area (Å²) in [5.41, 5.74) is 5.71. The van der Waals surface area contributed by atoms with E-state index in [0.29, 0.717) is 26.0 Å². The Balaban J connectivity index is 4.27. The van der Waals surface area contributed by atoms with E-state index in [2.05, 4.69) is 38.3 Å². The van der Waals surface area contributed by atoms with Gasteiger partial charge in [-0.25, -0.2) is 0 Å². The number of esters is 2. The van der Waals surface area contributed by atoms with Gasteiger partial charge in [-0.3, -0.25) is 19.2 Å². The molecule has 276 valence electrons. The molecular formula is C38H73N3O6. The Bertz CT molecular complexity index is 793. The Morgan fingerprint density at radius 2 is 1.02 bits per heavy atom. The first-order valence-electron chi connectivity index (χ1n) is 19.4. The Hall–Kier alpha value is -2.16. The lowest BCUT2D eigenvalue weighted by atomic mass is 9.95. The summed E-state index contributed by atoms with van der Waals surface area (Å²) in [6, 6.07) is -0.682. The zero-order valence-electron chi connectivity index (χ0n) is 30.9. The van der Waals surface area contributed by atoms with Crippen molar-refractivity contribution in [2.24, 2.45) is 17.6 Å². The smallest absolute Gasteiger partial charge is 0.308 e. The summed E-state index contributed by atoms with van der Waals surface area (Å²) >= 11 is 0. The van der Waals surface area contributed by atoms with Crippen molar-refractivity contribution in [1.82, 2.24) is 10.6 Å². The van der Waals surface area contributed by atoms with Crippen molar-refractivity contribution in [2.75, 3.05) is 26.3 Å². The van der Waals surface area contributed by atoms with E-state index < -0.39 is 6.04 Å². The van der Waals surface area contributed by atoms with E-state index in [1.165, 1.54) is 32.1 Å². The quantitative estimate of drug-likeness (QED) is 0.0478. The van der Waals surface area contributed by atoms with E-state index >= 15 is 0 Å². The van der Waals surface area contributed by atoms with Crippen LogP contribution in [0.3, 0.4) is 0 Å². The van der Waals surface area contributed by atoms with Crippen LogP contribution in [0.25, 0.3) is 0 Å². The molecule has 9 nitrogen and oxygen atoms in total. The molecule has 2 amide bonds. The predicted octanol–water partition coefficient (Wildman–Crippen LogP) is 7.92. The molecule has 0 fully saturated rings. The maximum absolute atomic E-state index is 12.7. The molecule has 0 saturated carbocycles. The van der Waals surface area contributed by atoms with E-state index in [0.717, 1.165) is 96.3 Å². The van der Waals surface area contributed by atoms with Gasteiger partial charge in [-0.1, -0.05) is 111 Å². The number of nitrogens with one attached hydrogen (secondary N) is 2. The summed E-state index contributed by atoms with van der Waals surface area (Å²) in [4.78, 5) is 50.5. The fourth-order valence-corrected chi connectivity index (χ4v) is 5.73. The SMILES string of the molecule is CCCCCCC(CCCC)C(=O)OCCCCCCNC(=O)[C@H](CCN)NC(=O)CCCOC(=O)C(CCCC)CCCCCC. The van der Waals surface area contributed by atoms with Gasteiger partial charge in [0.05, 0.1) is 25.0 Å². The first-order chi connectivity index (χ1) is 22.8. The molecular weight excluding hydrogens is 594 g/mol. The second kappa shape index (κ2) is 32.4. The lowest BCUT2D eigenvalue weighted by Gasteiger charge is -2.18. The van der Waals surface area contributed by atoms with Crippen LogP contribution in [0.15, 0.2) is 0 Å². The van der Waals surface area contributed by atoms with E-state index in [4.69, 9.17) is 15.2 Å². The molecule has 0 saturated heterocycles. The molecule has 47 heavy (non-hydrogen) atoms. The number of hydrogen-bond acceptors (Lipinski definition) is 7. The lowest BCUT2D eigenvalue weighted by molar-refractivity contribution is -0.150. The fourth-order valence-electron chi connectivity index (χ4n) is 5.73. The third kappa shape index (κ3) is 25.5. The van der Waals surface area contributed by atoms with Gasteiger partial charge in [0.2, 0.25) is 11.8 Å². The molecule has 0 rings (SSSR count). The van der Waals surface area contributed by atoms with Gasteiger partial charge in [0.25, 0.3) is 0 Å². The first-order valence-corrected chi connectivity index (χ1v) is 19.4. The number of ether oxygens (including phenoxy) is 2. The normalized spacial score (nSPS) is 13.0. The zero-order chi connectivity index (χ0) is 35.0. The third-order valence-electron chi connectivity index (χ3n) is 8.81. The molecule has 0 spiro atoms. The van der Waals surface area contributed by atoms with Crippen molar-refractivity contribution in [1.29, 1.82) is 0 Å². The summed E-state index contributed by atoms with van der Waals surface area (Å²) < 4.78 is 11.1. The molecule has 0 radical (unpaired) electrons. The third-order valence-corrected chi connectivity index (χ3v) is 8.81. The summed E-state index contributed by atoms with van der Waals surface area (Å²) in [5.74, 6) is -0.707. The average molecular weight is 668 g/mol. The molecule has 0 aliphatic carbocycles. The number of unbranched alkanes of at least 4 members (excludes halogenated alkanes) is 11. The summed E-state index contributed by atoms with van der Waals surface area (Å²) in [6.45, 7) is 10.1. The van der Waals surface area contributed by atoms with Gasteiger partial charge in [0.1, 0.15) is 6.04 Å². The second-order valence-corrected chi connectivity index (χ2v) is 13.2. The summed E-state index contributed by atoms with van der Waals surface area (Å²) in [6.07, 6.45) is 21.4. The van der Waals surface area contributed by atoms with Crippen molar-refractivity contribution in [3.05, 3.63) is 0 Å². The van der Waals surface area contributed by atoms with Crippen LogP contribution in [0.5, 0.6) is 0 Å². The van der Waals surface area contributed by atoms with Gasteiger partial charge >= 0.3 is 11.9 Å². The molecule has 2 unspecified atom stereocenters. The van der Waals surface area contributed by atoms with Crippen LogP contribution in [0, 0.1) is 11.8 Å². The molecule has 9 heteroatoms. The minimum atomic E-state index is -0.682. The van der Waals surface area contributed by atoms with E-state index in [9.17, 15) is 19.2 Å². The van der Waals surface area contributed by atoms with Gasteiger partial charge < -0.3 is 25.8 Å². The van der Waals surface area contributed by atoms with Gasteiger partial charge in [-0.05, 0) is 64.3 Å². The van der Waals surface area contributed by atoms with Crippen molar-refractivity contribution >= 4 is 23.8 Å². The van der Waals surface area contributed by atoms with E-state index in [1.807, 2.05) is 0 Å². The van der Waals surface area contributed by atoms with Crippen LogP contribution in [0.4, 0.5) is 0 Å². The Kier molecular flexibility index (Phi) is 30.9. The van der Waals surface area contributed by atoms with Crippen molar-refractivity contribution in [2.45, 2.75) is 181 Å². The highest BCUT2D eigenvalue weighted by Gasteiger charge is 2.22. The molecule has 0 heterocycles. The molecule has 0 aromatic rings. The van der Waals surface area contributed by atoms with Crippen molar-refractivity contribution in [3.8, 4) is 0 Å². The molecule has 4 N–H and O–H groups in total. The van der Waals surface area contributed by atoms with Crippen LogP contribution < -0.4 is 16.4 Å². The molecule has 3 atom stereocenters. The van der Waals surface area contributed by atoms with Crippen LogP contribution in [0.2, 0.25) is 0 Å². The highest BCUT2D eigenvalue weighted by atomic mass is 16.5. The summed E-state index contributed by atoms with van der Waals surface area (Å²) in [5, 5.41) is 5.71. The fraction of sp³-hybridized carbons (Fsp3) is 0.895. The van der Waals surface area contributed by atoms with Gasteiger partial charge in [-0.2, -0.15) is 0 Å². The monoisotopic (exact) mass is 668 g/mol.